The molecule has 0 saturated carbocycles. The summed E-state index contributed by atoms with van der Waals surface area (Å²) in [6.45, 7) is 0.751. The van der Waals surface area contributed by atoms with E-state index in [4.69, 9.17) is 5.11 Å². The maximum atomic E-state index is 10.7. The van der Waals surface area contributed by atoms with Crippen molar-refractivity contribution >= 4 is 5.97 Å². The fourth-order valence-electron chi connectivity index (χ4n) is 1.56. The van der Waals surface area contributed by atoms with Crippen molar-refractivity contribution in [3.05, 3.63) is 54.1 Å². The van der Waals surface area contributed by atoms with Gasteiger partial charge >= 0.3 is 5.97 Å². The molecule has 0 unspecified atom stereocenters. The first-order valence-corrected chi connectivity index (χ1v) is 4.98. The Bertz CT molecular complexity index is 505. The Morgan fingerprint density at radius 3 is 2.47 bits per heavy atom. The van der Waals surface area contributed by atoms with Crippen LogP contribution in [-0.2, 0) is 13.6 Å². The third-order valence-corrected chi connectivity index (χ3v) is 2.39. The minimum absolute atomic E-state index is 0. The van der Waals surface area contributed by atoms with Crippen LogP contribution in [-0.4, -0.2) is 15.6 Å². The predicted molar refractivity (Wildman–Crippen MR) is 58.1 cm³/mol. The number of nitrogens with zero attached hydrogens (tertiary/aromatic N) is 2. The van der Waals surface area contributed by atoms with Crippen molar-refractivity contribution in [2.75, 3.05) is 0 Å². The van der Waals surface area contributed by atoms with Crippen LogP contribution in [0.4, 0.5) is 0 Å². The molecule has 1 aromatic heterocycles. The number of carbonyl (C=O) groups is 1. The summed E-state index contributed by atoms with van der Waals surface area (Å²) in [6, 6.07) is 6.93. The molecule has 0 radical (unpaired) electrons. The van der Waals surface area contributed by atoms with Crippen LogP contribution in [0.5, 0.6) is 0 Å². The fourth-order valence-corrected chi connectivity index (χ4v) is 1.56. The first-order chi connectivity index (χ1) is 7.65. The van der Waals surface area contributed by atoms with Gasteiger partial charge in [0.1, 0.15) is 18.9 Å². The molecule has 17 heavy (non-hydrogen) atoms. The van der Waals surface area contributed by atoms with Gasteiger partial charge in [-0.1, -0.05) is 12.1 Å². The van der Waals surface area contributed by atoms with Crippen molar-refractivity contribution in [1.29, 1.82) is 0 Å². The highest BCUT2D eigenvalue weighted by atomic mass is 35.5. The summed E-state index contributed by atoms with van der Waals surface area (Å²) >= 11 is 0. The summed E-state index contributed by atoms with van der Waals surface area (Å²) in [6.07, 6.45) is 5.92. The Kier molecular flexibility index (Phi) is 4.29. The Morgan fingerprint density at radius 1 is 1.35 bits per heavy atom. The maximum absolute atomic E-state index is 10.7. The molecule has 4 nitrogen and oxygen atoms in total. The van der Waals surface area contributed by atoms with Gasteiger partial charge in [0, 0.05) is 0 Å². The van der Waals surface area contributed by atoms with E-state index in [1.165, 1.54) is 0 Å². The lowest BCUT2D eigenvalue weighted by Gasteiger charge is -1.98. The van der Waals surface area contributed by atoms with E-state index in [1.807, 2.05) is 47.0 Å². The molecular weight excluding hydrogens is 240 g/mol. The van der Waals surface area contributed by atoms with Gasteiger partial charge in [-0.3, -0.25) is 0 Å². The highest BCUT2D eigenvalue weighted by Crippen LogP contribution is 2.03. The summed E-state index contributed by atoms with van der Waals surface area (Å²) in [5.74, 6) is -0.890. The van der Waals surface area contributed by atoms with Crippen LogP contribution in [0.2, 0.25) is 0 Å². The number of carboxylic acids is 1. The van der Waals surface area contributed by atoms with Crippen molar-refractivity contribution < 1.29 is 26.9 Å². The number of carboxylic acid groups (broad SMARTS) is 1. The summed E-state index contributed by atoms with van der Waals surface area (Å²) in [7, 11) is 1.96. The van der Waals surface area contributed by atoms with Crippen LogP contribution in [0.1, 0.15) is 15.9 Å². The SMILES string of the molecule is Cn1cc[n+](Cc2ccc(C(=O)O)cc2)c1.[Cl-]. The van der Waals surface area contributed by atoms with Crippen LogP contribution < -0.4 is 17.0 Å². The largest absolute Gasteiger partial charge is 1.00 e. The highest BCUT2D eigenvalue weighted by molar-refractivity contribution is 5.87. The van der Waals surface area contributed by atoms with Gasteiger partial charge < -0.3 is 17.5 Å². The van der Waals surface area contributed by atoms with Gasteiger partial charge in [-0.25, -0.2) is 13.9 Å². The van der Waals surface area contributed by atoms with Crippen LogP contribution in [0.25, 0.3) is 0 Å². The van der Waals surface area contributed by atoms with Gasteiger partial charge in [-0.2, -0.15) is 0 Å². The van der Waals surface area contributed by atoms with E-state index >= 15 is 0 Å². The number of imidazole rings is 1. The average Bonchev–Trinajstić information content (AvgIpc) is 2.65. The Labute approximate surface area is 106 Å². The second kappa shape index (κ2) is 5.50. The molecule has 90 valence electrons. The van der Waals surface area contributed by atoms with Crippen LogP contribution in [0, 0.1) is 0 Å². The second-order valence-corrected chi connectivity index (χ2v) is 3.75. The van der Waals surface area contributed by atoms with Crippen molar-refractivity contribution in [1.82, 2.24) is 4.57 Å². The van der Waals surface area contributed by atoms with E-state index in [9.17, 15) is 4.79 Å². The molecule has 0 atom stereocenters. The topological polar surface area (TPSA) is 46.1 Å². The van der Waals surface area contributed by atoms with Crippen molar-refractivity contribution in [3.63, 3.8) is 0 Å². The molecule has 0 amide bonds. The maximum Gasteiger partial charge on any atom is 0.335 e. The van der Waals surface area contributed by atoms with E-state index in [1.54, 1.807) is 12.1 Å². The number of halogens is 1. The molecule has 0 aliphatic carbocycles. The van der Waals surface area contributed by atoms with Gasteiger partial charge in [0.25, 0.3) is 0 Å². The fraction of sp³-hybridized carbons (Fsp3) is 0.167. The number of hydrogen-bond acceptors (Lipinski definition) is 1. The number of aromatic carboxylic acids is 1. The molecule has 0 saturated heterocycles. The van der Waals surface area contributed by atoms with Crippen LogP contribution >= 0.6 is 0 Å². The van der Waals surface area contributed by atoms with E-state index in [0.717, 1.165) is 12.1 Å². The molecule has 5 heteroatoms. The van der Waals surface area contributed by atoms with E-state index < -0.39 is 5.97 Å². The third kappa shape index (κ3) is 3.32. The Balaban J connectivity index is 0.00000144. The molecule has 0 aliphatic heterocycles. The standard InChI is InChI=1S/C12H12N2O2.ClH/c1-13-6-7-14(9-13)8-10-2-4-11(5-3-10)12(15)16;/h2-7,9H,8H2,1H3;1H. The molecule has 0 fully saturated rings. The van der Waals surface area contributed by atoms with Gasteiger partial charge in [0.15, 0.2) is 0 Å². The lowest BCUT2D eigenvalue weighted by Crippen LogP contribution is -3.00. The van der Waals surface area contributed by atoms with E-state index in [2.05, 4.69) is 0 Å². The van der Waals surface area contributed by atoms with Crippen LogP contribution in [0.3, 0.4) is 0 Å². The molecule has 0 bridgehead atoms. The Hall–Kier alpha value is -1.81. The highest BCUT2D eigenvalue weighted by Gasteiger charge is 2.04. The minimum Gasteiger partial charge on any atom is -1.00 e. The molecule has 0 spiro atoms. The summed E-state index contributed by atoms with van der Waals surface area (Å²) in [5.41, 5.74) is 1.41. The zero-order valence-electron chi connectivity index (χ0n) is 9.38. The molecular formula is C12H13ClN2O2. The van der Waals surface area contributed by atoms with Gasteiger partial charge in [0.2, 0.25) is 6.33 Å². The van der Waals surface area contributed by atoms with Crippen molar-refractivity contribution in [2.24, 2.45) is 7.05 Å². The normalized spacial score (nSPS) is 9.71. The number of rotatable bonds is 3. The lowest BCUT2D eigenvalue weighted by molar-refractivity contribution is -0.687. The molecule has 2 aromatic rings. The minimum atomic E-state index is -0.890. The van der Waals surface area contributed by atoms with Crippen LogP contribution in [0.15, 0.2) is 43.0 Å². The van der Waals surface area contributed by atoms with Gasteiger partial charge in [0.05, 0.1) is 12.6 Å². The van der Waals surface area contributed by atoms with Gasteiger partial charge in [-0.05, 0) is 17.7 Å². The average molecular weight is 253 g/mol. The van der Waals surface area contributed by atoms with Crippen molar-refractivity contribution in [2.45, 2.75) is 6.54 Å². The zero-order chi connectivity index (χ0) is 11.5. The quantitative estimate of drug-likeness (QED) is 0.647. The molecule has 1 aromatic carbocycles. The number of hydrogen-bond donors (Lipinski definition) is 1. The summed E-state index contributed by atoms with van der Waals surface area (Å²) in [4.78, 5) is 10.7. The first kappa shape index (κ1) is 13.3. The third-order valence-electron chi connectivity index (χ3n) is 2.39. The monoisotopic (exact) mass is 252 g/mol. The smallest absolute Gasteiger partial charge is 0.335 e. The predicted octanol–water partition coefficient (Wildman–Crippen LogP) is -1.94. The van der Waals surface area contributed by atoms with E-state index in [0.29, 0.717) is 5.56 Å². The zero-order valence-corrected chi connectivity index (χ0v) is 10.1. The summed E-state index contributed by atoms with van der Waals surface area (Å²) in [5, 5.41) is 8.76. The van der Waals surface area contributed by atoms with Crippen molar-refractivity contribution in [3.8, 4) is 0 Å². The lowest BCUT2D eigenvalue weighted by atomic mass is 10.1. The van der Waals surface area contributed by atoms with Gasteiger partial charge in [-0.15, -0.1) is 0 Å². The number of aromatic nitrogens is 2. The molecule has 2 rings (SSSR count). The molecule has 0 aliphatic rings. The Morgan fingerprint density at radius 2 is 2.00 bits per heavy atom. The first-order valence-electron chi connectivity index (χ1n) is 4.98. The summed E-state index contributed by atoms with van der Waals surface area (Å²) < 4.78 is 4.00. The van der Waals surface area contributed by atoms with E-state index in [-0.39, 0.29) is 12.4 Å². The molecule has 1 N–H and O–H groups in total. The number of benzene rings is 1. The second-order valence-electron chi connectivity index (χ2n) is 3.75. The number of aryl methyl sites for hydroxylation is 1. The molecule has 1 heterocycles.